The summed E-state index contributed by atoms with van der Waals surface area (Å²) in [6.45, 7) is 3.33. The molecule has 0 aliphatic carbocycles. The highest BCUT2D eigenvalue weighted by atomic mass is 32.2. The summed E-state index contributed by atoms with van der Waals surface area (Å²) in [4.78, 5) is 25.6. The van der Waals surface area contributed by atoms with E-state index in [2.05, 4.69) is 5.32 Å². The van der Waals surface area contributed by atoms with Gasteiger partial charge in [-0.1, -0.05) is 48.0 Å². The van der Waals surface area contributed by atoms with Crippen molar-refractivity contribution < 1.29 is 18.0 Å². The maximum absolute atomic E-state index is 13.0. The molecule has 0 atom stereocenters. The predicted octanol–water partition coefficient (Wildman–Crippen LogP) is 3.94. The molecule has 2 heterocycles. The zero-order valence-corrected chi connectivity index (χ0v) is 19.9. The van der Waals surface area contributed by atoms with Crippen molar-refractivity contribution in [2.24, 2.45) is 0 Å². The fourth-order valence-corrected chi connectivity index (χ4v) is 5.60. The van der Waals surface area contributed by atoms with Gasteiger partial charge >= 0.3 is 0 Å². The van der Waals surface area contributed by atoms with Gasteiger partial charge in [0.1, 0.15) is 17.3 Å². The van der Waals surface area contributed by atoms with Crippen LogP contribution in [0.25, 0.3) is 16.9 Å². The van der Waals surface area contributed by atoms with Gasteiger partial charge in [0.15, 0.2) is 0 Å². The third kappa shape index (κ3) is 4.00. The molecule has 2 amide bonds. The summed E-state index contributed by atoms with van der Waals surface area (Å²) in [7, 11) is -4.09. The largest absolute Gasteiger partial charge is 0.309 e. The number of aromatic nitrogens is 2. The highest BCUT2D eigenvalue weighted by Gasteiger charge is 2.41. The molecule has 35 heavy (non-hydrogen) atoms. The number of benzene rings is 3. The number of carbonyl (C=O) groups is 2. The molecule has 4 aromatic rings. The van der Waals surface area contributed by atoms with Crippen LogP contribution in [0.2, 0.25) is 0 Å². The number of sulfonamides is 1. The number of hydrogen-bond donors (Lipinski definition) is 1. The van der Waals surface area contributed by atoms with E-state index in [9.17, 15) is 18.0 Å². The van der Waals surface area contributed by atoms with Gasteiger partial charge in [-0.15, -0.1) is 0 Å². The third-order valence-corrected chi connectivity index (χ3v) is 7.63. The highest BCUT2D eigenvalue weighted by Crippen LogP contribution is 2.31. The molecule has 3 aromatic carbocycles. The maximum Gasteiger partial charge on any atom is 0.269 e. The van der Waals surface area contributed by atoms with Gasteiger partial charge < -0.3 is 5.32 Å². The number of nitrogens with zero attached hydrogens (tertiary/aromatic N) is 3. The van der Waals surface area contributed by atoms with Crippen LogP contribution in [0.4, 0.5) is 5.82 Å². The molecular weight excluding hydrogens is 464 g/mol. The van der Waals surface area contributed by atoms with Crippen LogP contribution in [0, 0.1) is 13.8 Å². The first kappa shape index (κ1) is 22.5. The Morgan fingerprint density at radius 2 is 1.63 bits per heavy atom. The second-order valence-corrected chi connectivity index (χ2v) is 10.2. The summed E-state index contributed by atoms with van der Waals surface area (Å²) < 4.78 is 27.9. The standard InChI is InChI=1S/C26H22N4O4S/c1-17-12-13-18(2)21(14-17)22-15-24(30(28-22)19-8-4-3-5-9-19)27-25(31)16-29-26(32)20-10-6-7-11-23(20)35(29,33)34/h3-15H,16H2,1-2H3,(H,27,31). The van der Waals surface area contributed by atoms with E-state index in [0.29, 0.717) is 15.8 Å². The molecule has 8 nitrogen and oxygen atoms in total. The molecule has 1 N–H and O–H groups in total. The molecule has 0 saturated carbocycles. The number of anilines is 1. The summed E-state index contributed by atoms with van der Waals surface area (Å²) in [5.74, 6) is -1.01. The zero-order chi connectivity index (χ0) is 24.7. The maximum atomic E-state index is 13.0. The van der Waals surface area contributed by atoms with Gasteiger partial charge in [-0.3, -0.25) is 9.59 Å². The lowest BCUT2D eigenvalue weighted by molar-refractivity contribution is -0.116. The normalized spacial score (nSPS) is 14.1. The molecule has 0 fully saturated rings. The number of hydrogen-bond acceptors (Lipinski definition) is 5. The Hall–Kier alpha value is -4.24. The van der Waals surface area contributed by atoms with Gasteiger partial charge in [-0.05, 0) is 49.7 Å². The second-order valence-electron chi connectivity index (χ2n) is 8.34. The Morgan fingerprint density at radius 1 is 0.914 bits per heavy atom. The molecule has 176 valence electrons. The van der Waals surface area contributed by atoms with Crippen molar-refractivity contribution in [1.82, 2.24) is 14.1 Å². The van der Waals surface area contributed by atoms with Crippen LogP contribution >= 0.6 is 0 Å². The summed E-state index contributed by atoms with van der Waals surface area (Å²) in [5, 5.41) is 7.47. The van der Waals surface area contributed by atoms with Gasteiger partial charge in [0, 0.05) is 11.6 Å². The van der Waals surface area contributed by atoms with E-state index in [0.717, 1.165) is 22.4 Å². The van der Waals surface area contributed by atoms with Crippen molar-refractivity contribution in [3.63, 3.8) is 0 Å². The highest BCUT2D eigenvalue weighted by molar-refractivity contribution is 7.90. The van der Waals surface area contributed by atoms with Gasteiger partial charge in [-0.2, -0.15) is 5.10 Å². The monoisotopic (exact) mass is 486 g/mol. The first-order valence-corrected chi connectivity index (χ1v) is 12.4. The quantitative estimate of drug-likeness (QED) is 0.461. The number of nitrogens with one attached hydrogen (secondary N) is 1. The van der Waals surface area contributed by atoms with Crippen LogP contribution in [-0.2, 0) is 14.8 Å². The molecule has 1 aliphatic rings. The van der Waals surface area contributed by atoms with E-state index >= 15 is 0 Å². The smallest absolute Gasteiger partial charge is 0.269 e. The third-order valence-electron chi connectivity index (χ3n) is 5.85. The van der Waals surface area contributed by atoms with Crippen molar-refractivity contribution in [2.45, 2.75) is 18.7 Å². The Bertz CT molecular complexity index is 1580. The molecular formula is C26H22N4O4S. The zero-order valence-electron chi connectivity index (χ0n) is 19.1. The minimum Gasteiger partial charge on any atom is -0.309 e. The van der Waals surface area contributed by atoms with Crippen LogP contribution in [0.3, 0.4) is 0 Å². The molecule has 0 radical (unpaired) electrons. The topological polar surface area (TPSA) is 101 Å². The lowest BCUT2D eigenvalue weighted by Crippen LogP contribution is -2.37. The average molecular weight is 487 g/mol. The summed E-state index contributed by atoms with van der Waals surface area (Å²) in [5.41, 5.74) is 4.45. The average Bonchev–Trinajstić information content (AvgIpc) is 3.34. The first-order valence-electron chi connectivity index (χ1n) is 10.9. The van der Waals surface area contributed by atoms with Gasteiger partial charge in [-0.25, -0.2) is 17.4 Å². The fraction of sp³-hybridized carbons (Fsp3) is 0.115. The molecule has 0 spiro atoms. The summed E-state index contributed by atoms with van der Waals surface area (Å²) in [6.07, 6.45) is 0. The van der Waals surface area contributed by atoms with E-state index in [4.69, 9.17) is 5.10 Å². The second kappa shape index (κ2) is 8.52. The number of aryl methyl sites for hydroxylation is 2. The van der Waals surface area contributed by atoms with Crippen molar-refractivity contribution in [3.05, 3.63) is 95.6 Å². The number of para-hydroxylation sites is 1. The fourth-order valence-electron chi connectivity index (χ4n) is 4.08. The van der Waals surface area contributed by atoms with E-state index in [1.54, 1.807) is 22.9 Å². The molecule has 1 aromatic heterocycles. The van der Waals surface area contributed by atoms with Crippen molar-refractivity contribution in [1.29, 1.82) is 0 Å². The number of amides is 2. The van der Waals surface area contributed by atoms with E-state index in [1.165, 1.54) is 12.1 Å². The van der Waals surface area contributed by atoms with Gasteiger partial charge in [0.05, 0.1) is 16.9 Å². The Labute approximate surface area is 202 Å². The molecule has 1 aliphatic heterocycles. The Balaban J connectivity index is 1.48. The minimum absolute atomic E-state index is 0.0619. The minimum atomic E-state index is -4.09. The van der Waals surface area contributed by atoms with E-state index < -0.39 is 28.4 Å². The summed E-state index contributed by atoms with van der Waals surface area (Å²) in [6, 6.07) is 23.0. The molecule has 0 unspecified atom stereocenters. The Morgan fingerprint density at radius 3 is 2.37 bits per heavy atom. The van der Waals surface area contributed by atoms with E-state index in [1.807, 2.05) is 62.4 Å². The number of fused-ring (bicyclic) bond motifs is 1. The predicted molar refractivity (Wildman–Crippen MR) is 132 cm³/mol. The summed E-state index contributed by atoms with van der Waals surface area (Å²) >= 11 is 0. The van der Waals surface area contributed by atoms with Crippen molar-refractivity contribution >= 4 is 27.7 Å². The van der Waals surface area contributed by atoms with Crippen LogP contribution in [-0.4, -0.2) is 40.9 Å². The SMILES string of the molecule is Cc1ccc(C)c(-c2cc(NC(=O)CN3C(=O)c4ccccc4S3(=O)=O)n(-c3ccccc3)n2)c1. The molecule has 0 saturated heterocycles. The number of carbonyl (C=O) groups excluding carboxylic acids is 2. The Kier molecular flexibility index (Phi) is 5.49. The molecule has 5 rings (SSSR count). The first-order chi connectivity index (χ1) is 16.8. The van der Waals surface area contributed by atoms with Crippen molar-refractivity contribution in [2.75, 3.05) is 11.9 Å². The van der Waals surface area contributed by atoms with Crippen LogP contribution in [0.5, 0.6) is 0 Å². The molecule has 9 heteroatoms. The van der Waals surface area contributed by atoms with Gasteiger partial charge in [0.25, 0.3) is 15.9 Å². The lowest BCUT2D eigenvalue weighted by Gasteiger charge is -2.15. The van der Waals surface area contributed by atoms with Crippen LogP contribution in [0.15, 0.2) is 83.8 Å². The van der Waals surface area contributed by atoms with E-state index in [-0.39, 0.29) is 10.5 Å². The van der Waals surface area contributed by atoms with Crippen LogP contribution < -0.4 is 5.32 Å². The van der Waals surface area contributed by atoms with Crippen molar-refractivity contribution in [3.8, 4) is 16.9 Å². The van der Waals surface area contributed by atoms with Crippen LogP contribution in [0.1, 0.15) is 21.5 Å². The number of rotatable bonds is 5. The lowest BCUT2D eigenvalue weighted by atomic mass is 10.0. The van der Waals surface area contributed by atoms with Gasteiger partial charge in [0.2, 0.25) is 5.91 Å². The molecule has 0 bridgehead atoms.